The van der Waals surface area contributed by atoms with Crippen molar-refractivity contribution in [2.75, 3.05) is 22.6 Å². The van der Waals surface area contributed by atoms with Crippen LogP contribution in [0.1, 0.15) is 5.56 Å². The quantitative estimate of drug-likeness (QED) is 0.288. The summed E-state index contributed by atoms with van der Waals surface area (Å²) in [7, 11) is 1.92. The van der Waals surface area contributed by atoms with Gasteiger partial charge in [-0.3, -0.25) is 4.79 Å². The molecule has 36 heavy (non-hydrogen) atoms. The molecule has 5 rings (SSSR count). The molecular weight excluding hydrogens is 450 g/mol. The zero-order chi connectivity index (χ0) is 24.9. The summed E-state index contributed by atoms with van der Waals surface area (Å²) in [5.74, 6) is 0.629. The molecule has 8 heteroatoms. The lowest BCUT2D eigenvalue weighted by Gasteiger charge is -2.18. The van der Waals surface area contributed by atoms with E-state index in [1.165, 1.54) is 18.0 Å². The van der Waals surface area contributed by atoms with Gasteiger partial charge in [0.15, 0.2) is 0 Å². The van der Waals surface area contributed by atoms with Crippen molar-refractivity contribution in [3.05, 3.63) is 110 Å². The maximum absolute atomic E-state index is 11.6. The molecule has 2 N–H and O–H groups in total. The lowest BCUT2D eigenvalue weighted by Crippen LogP contribution is -2.14. The molecular formula is C28H25N7O. The van der Waals surface area contributed by atoms with Gasteiger partial charge < -0.3 is 20.1 Å². The molecule has 1 amide bonds. The van der Waals surface area contributed by atoms with Crippen molar-refractivity contribution in [1.29, 1.82) is 0 Å². The summed E-state index contributed by atoms with van der Waals surface area (Å²) in [5, 5.41) is 7.05. The molecule has 2 aromatic heterocycles. The summed E-state index contributed by atoms with van der Waals surface area (Å²) in [6.45, 7) is 4.29. The molecule has 0 spiro atoms. The van der Waals surface area contributed by atoms with Gasteiger partial charge in [-0.05, 0) is 54.1 Å². The number of nitrogens with one attached hydrogen (secondary N) is 2. The molecule has 0 saturated carbocycles. The Labute approximate surface area is 209 Å². The van der Waals surface area contributed by atoms with E-state index in [4.69, 9.17) is 0 Å². The predicted octanol–water partition coefficient (Wildman–Crippen LogP) is 5.51. The number of amides is 1. The molecule has 0 unspecified atom stereocenters. The number of hydrogen-bond acceptors (Lipinski definition) is 6. The van der Waals surface area contributed by atoms with E-state index in [1.807, 2.05) is 30.1 Å². The minimum absolute atomic E-state index is 0.274. The second-order valence-corrected chi connectivity index (χ2v) is 8.24. The third-order valence-corrected chi connectivity index (χ3v) is 5.77. The monoisotopic (exact) mass is 475 g/mol. The third-order valence-electron chi connectivity index (χ3n) is 5.77. The molecule has 2 heterocycles. The third kappa shape index (κ3) is 5.07. The number of rotatable bonds is 8. The Morgan fingerprint density at radius 1 is 1.00 bits per heavy atom. The van der Waals surface area contributed by atoms with Crippen molar-refractivity contribution in [3.63, 3.8) is 0 Å². The van der Waals surface area contributed by atoms with Crippen LogP contribution in [0.15, 0.2) is 104 Å². The Kier molecular flexibility index (Phi) is 6.40. The number of benzene rings is 3. The molecule has 0 bridgehead atoms. The van der Waals surface area contributed by atoms with Crippen LogP contribution >= 0.6 is 0 Å². The summed E-state index contributed by atoms with van der Waals surface area (Å²) in [6.07, 6.45) is 4.81. The maximum Gasteiger partial charge on any atom is 0.247 e. The molecule has 0 aliphatic heterocycles. The summed E-state index contributed by atoms with van der Waals surface area (Å²) in [4.78, 5) is 26.7. The number of fused-ring (bicyclic) bond motifs is 1. The van der Waals surface area contributed by atoms with Gasteiger partial charge in [0, 0.05) is 47.8 Å². The Morgan fingerprint density at radius 2 is 1.83 bits per heavy atom. The van der Waals surface area contributed by atoms with Crippen LogP contribution in [-0.4, -0.2) is 32.5 Å². The molecule has 8 nitrogen and oxygen atoms in total. The van der Waals surface area contributed by atoms with Crippen molar-refractivity contribution in [3.8, 4) is 0 Å². The molecule has 0 saturated heterocycles. The topological polar surface area (TPSA) is 88.0 Å². The zero-order valence-electron chi connectivity index (χ0n) is 19.8. The van der Waals surface area contributed by atoms with E-state index in [9.17, 15) is 4.79 Å². The van der Waals surface area contributed by atoms with Gasteiger partial charge in [-0.15, -0.1) is 0 Å². The lowest BCUT2D eigenvalue weighted by molar-refractivity contribution is -0.111. The van der Waals surface area contributed by atoms with Gasteiger partial charge in [0.2, 0.25) is 17.8 Å². The van der Waals surface area contributed by atoms with E-state index in [0.717, 1.165) is 28.8 Å². The largest absolute Gasteiger partial charge is 0.343 e. The molecule has 0 aliphatic rings. The lowest BCUT2D eigenvalue weighted by atomic mass is 10.2. The minimum atomic E-state index is -0.274. The standard InChI is InChI=1S/C28H25N7O/c1-3-26(36)31-22-10-7-11-23(17-22)32-27-29-19-30-28(33-27)34(2)24-12-13-25-21(16-24)14-15-35(25)18-20-8-5-4-6-9-20/h3-17,19H,1,18H2,2H3,(H,31,36)(H,29,30,32,33). The number of carbonyl (C=O) groups is 1. The van der Waals surface area contributed by atoms with E-state index >= 15 is 0 Å². The van der Waals surface area contributed by atoms with Crippen LogP contribution in [0, 0.1) is 0 Å². The van der Waals surface area contributed by atoms with Crippen LogP contribution in [0.2, 0.25) is 0 Å². The molecule has 0 radical (unpaired) electrons. The predicted molar refractivity (Wildman–Crippen MR) is 144 cm³/mol. The highest BCUT2D eigenvalue weighted by molar-refractivity contribution is 5.99. The Balaban J connectivity index is 1.34. The second kappa shape index (κ2) is 10.1. The van der Waals surface area contributed by atoms with Crippen LogP contribution in [0.5, 0.6) is 0 Å². The summed E-state index contributed by atoms with van der Waals surface area (Å²) >= 11 is 0. The smallest absolute Gasteiger partial charge is 0.247 e. The van der Waals surface area contributed by atoms with Crippen molar-refractivity contribution >= 4 is 45.8 Å². The highest BCUT2D eigenvalue weighted by Crippen LogP contribution is 2.27. The first-order valence-corrected chi connectivity index (χ1v) is 11.4. The summed E-state index contributed by atoms with van der Waals surface area (Å²) in [5.41, 5.74) is 4.76. The molecule has 3 aromatic carbocycles. The van der Waals surface area contributed by atoms with Crippen LogP contribution in [0.4, 0.5) is 29.0 Å². The average molecular weight is 476 g/mol. The number of carbonyl (C=O) groups excluding carboxylic acids is 1. The molecule has 5 aromatic rings. The molecule has 0 aliphatic carbocycles. The maximum atomic E-state index is 11.6. The van der Waals surface area contributed by atoms with Crippen molar-refractivity contribution in [2.24, 2.45) is 0 Å². The van der Waals surface area contributed by atoms with Crippen LogP contribution in [0.3, 0.4) is 0 Å². The minimum Gasteiger partial charge on any atom is -0.343 e. The molecule has 0 fully saturated rings. The first kappa shape index (κ1) is 22.8. The van der Waals surface area contributed by atoms with Crippen LogP contribution in [-0.2, 0) is 11.3 Å². The number of hydrogen-bond donors (Lipinski definition) is 2. The van der Waals surface area contributed by atoms with Crippen LogP contribution in [0.25, 0.3) is 10.9 Å². The van der Waals surface area contributed by atoms with E-state index in [-0.39, 0.29) is 5.91 Å². The van der Waals surface area contributed by atoms with Gasteiger partial charge in [-0.2, -0.15) is 4.98 Å². The zero-order valence-corrected chi connectivity index (χ0v) is 19.8. The molecule has 178 valence electrons. The Hall–Kier alpha value is -4.98. The van der Waals surface area contributed by atoms with Gasteiger partial charge in [-0.1, -0.05) is 43.0 Å². The van der Waals surface area contributed by atoms with Gasteiger partial charge in [0.1, 0.15) is 6.33 Å². The van der Waals surface area contributed by atoms with Gasteiger partial charge >= 0.3 is 0 Å². The summed E-state index contributed by atoms with van der Waals surface area (Å²) in [6, 6.07) is 26.1. The fourth-order valence-corrected chi connectivity index (χ4v) is 3.94. The highest BCUT2D eigenvalue weighted by Gasteiger charge is 2.11. The van der Waals surface area contributed by atoms with E-state index < -0.39 is 0 Å². The highest BCUT2D eigenvalue weighted by atomic mass is 16.1. The van der Waals surface area contributed by atoms with Gasteiger partial charge in [0.25, 0.3) is 0 Å². The average Bonchev–Trinajstić information content (AvgIpc) is 3.31. The number of nitrogens with zero attached hydrogens (tertiary/aromatic N) is 5. The van der Waals surface area contributed by atoms with E-state index in [1.54, 1.807) is 12.1 Å². The van der Waals surface area contributed by atoms with Crippen LogP contribution < -0.4 is 15.5 Å². The Morgan fingerprint density at radius 3 is 2.67 bits per heavy atom. The number of anilines is 5. The van der Waals surface area contributed by atoms with Gasteiger partial charge in [0.05, 0.1) is 0 Å². The Bertz CT molecular complexity index is 1530. The number of aromatic nitrogens is 4. The SMILES string of the molecule is C=CC(=O)Nc1cccc(Nc2ncnc(N(C)c3ccc4c(ccn4Cc4ccccc4)c3)n2)c1. The van der Waals surface area contributed by atoms with Crippen molar-refractivity contribution in [1.82, 2.24) is 19.5 Å². The van der Waals surface area contributed by atoms with E-state index in [2.05, 4.69) is 91.5 Å². The first-order valence-electron chi connectivity index (χ1n) is 11.4. The molecule has 0 atom stereocenters. The van der Waals surface area contributed by atoms with Crippen molar-refractivity contribution < 1.29 is 4.79 Å². The first-order chi connectivity index (χ1) is 17.6. The fraction of sp³-hybridized carbons (Fsp3) is 0.0714. The summed E-state index contributed by atoms with van der Waals surface area (Å²) < 4.78 is 2.24. The van der Waals surface area contributed by atoms with E-state index in [0.29, 0.717) is 17.6 Å². The second-order valence-electron chi connectivity index (χ2n) is 8.24. The fourth-order valence-electron chi connectivity index (χ4n) is 3.94. The normalized spacial score (nSPS) is 10.7. The van der Waals surface area contributed by atoms with Crippen molar-refractivity contribution in [2.45, 2.75) is 6.54 Å². The van der Waals surface area contributed by atoms with Gasteiger partial charge in [-0.25, -0.2) is 9.97 Å².